The molecule has 4 nitrogen and oxygen atoms in total. The molecule has 0 aliphatic heterocycles. The van der Waals surface area contributed by atoms with E-state index in [4.69, 9.17) is 0 Å². The van der Waals surface area contributed by atoms with Gasteiger partial charge in [-0.05, 0) is 6.42 Å². The van der Waals surface area contributed by atoms with Crippen LogP contribution in [-0.4, -0.2) is 54.5 Å². The molecule has 2 unspecified atom stereocenters. The van der Waals surface area contributed by atoms with Crippen LogP contribution in [0, 0.1) is 5.92 Å². The Morgan fingerprint density at radius 2 is 1.43 bits per heavy atom. The first-order valence-electron chi connectivity index (χ1n) is 8.49. The van der Waals surface area contributed by atoms with Gasteiger partial charge in [0.2, 0.25) is 0 Å². The average Bonchev–Trinajstić information content (AvgIpc) is 2.34. The van der Waals surface area contributed by atoms with Crippen LogP contribution in [0.4, 0.5) is 0 Å². The highest BCUT2D eigenvalue weighted by Crippen LogP contribution is 2.18. The quantitative estimate of drug-likeness (QED) is 0.405. The number of aliphatic hydroxyl groups is 1. The smallest absolute Gasteiger partial charge is 0.309 e. The lowest BCUT2D eigenvalue weighted by atomic mass is 9.94. The van der Waals surface area contributed by atoms with Crippen molar-refractivity contribution in [2.24, 2.45) is 5.92 Å². The number of carboxylic acid groups (broad SMARTS) is 1. The van der Waals surface area contributed by atoms with Crippen molar-refractivity contribution in [2.75, 3.05) is 27.7 Å². The molecule has 0 aliphatic rings. The lowest BCUT2D eigenvalue weighted by molar-refractivity contribution is -0.874. The van der Waals surface area contributed by atoms with Crippen molar-refractivity contribution >= 4 is 5.97 Å². The number of nitrogens with zero attached hydrogens (tertiary/aromatic N) is 1. The van der Waals surface area contributed by atoms with E-state index in [1.54, 1.807) is 0 Å². The minimum atomic E-state index is -0.862. The summed E-state index contributed by atoms with van der Waals surface area (Å²) >= 11 is 0. The molecule has 126 valence electrons. The van der Waals surface area contributed by atoms with Gasteiger partial charge < -0.3 is 14.7 Å². The molecule has 0 saturated heterocycles. The lowest BCUT2D eigenvalue weighted by Crippen LogP contribution is -2.45. The van der Waals surface area contributed by atoms with Gasteiger partial charge in [0.15, 0.2) is 0 Å². The first-order chi connectivity index (χ1) is 9.78. The Bertz CT molecular complexity index is 274. The van der Waals surface area contributed by atoms with Crippen LogP contribution in [0.3, 0.4) is 0 Å². The van der Waals surface area contributed by atoms with Gasteiger partial charge in [-0.3, -0.25) is 4.79 Å². The Morgan fingerprint density at radius 1 is 0.952 bits per heavy atom. The average molecular weight is 302 g/mol. The third-order valence-corrected chi connectivity index (χ3v) is 3.89. The van der Waals surface area contributed by atoms with E-state index in [1.807, 2.05) is 21.1 Å². The predicted molar refractivity (Wildman–Crippen MR) is 87.3 cm³/mol. The van der Waals surface area contributed by atoms with Crippen LogP contribution in [0.15, 0.2) is 0 Å². The van der Waals surface area contributed by atoms with E-state index in [1.165, 1.54) is 38.5 Å². The highest BCUT2D eigenvalue weighted by Gasteiger charge is 2.30. The Hall–Kier alpha value is -0.610. The molecule has 0 rings (SSSR count). The Morgan fingerprint density at radius 3 is 1.86 bits per heavy atom. The maximum absolute atomic E-state index is 11.3. The van der Waals surface area contributed by atoms with Gasteiger partial charge in [0.25, 0.3) is 0 Å². The summed E-state index contributed by atoms with van der Waals surface area (Å²) in [7, 11) is 5.91. The molecule has 0 bridgehead atoms. The minimum Gasteiger partial charge on any atom is -0.481 e. The fourth-order valence-electron chi connectivity index (χ4n) is 2.67. The molecule has 0 saturated carbocycles. The molecule has 0 aromatic carbocycles. The van der Waals surface area contributed by atoms with Gasteiger partial charge in [-0.2, -0.15) is 0 Å². The summed E-state index contributed by atoms with van der Waals surface area (Å²) in [5.74, 6) is -1.48. The van der Waals surface area contributed by atoms with Gasteiger partial charge >= 0.3 is 5.97 Å². The van der Waals surface area contributed by atoms with Crippen LogP contribution >= 0.6 is 0 Å². The zero-order valence-corrected chi connectivity index (χ0v) is 14.5. The van der Waals surface area contributed by atoms with E-state index in [0.717, 1.165) is 12.8 Å². The van der Waals surface area contributed by atoms with E-state index in [0.29, 0.717) is 17.4 Å². The third kappa shape index (κ3) is 11.7. The molecule has 0 aliphatic carbocycles. The highest BCUT2D eigenvalue weighted by molar-refractivity contribution is 5.70. The minimum absolute atomic E-state index is 0.480. The monoisotopic (exact) mass is 302 g/mol. The number of carboxylic acids is 1. The van der Waals surface area contributed by atoms with Crippen LogP contribution < -0.4 is 0 Å². The van der Waals surface area contributed by atoms with Crippen molar-refractivity contribution in [1.29, 1.82) is 0 Å². The van der Waals surface area contributed by atoms with E-state index >= 15 is 0 Å². The summed E-state index contributed by atoms with van der Waals surface area (Å²) in [6.07, 6.45) is 9.43. The maximum atomic E-state index is 11.3. The van der Waals surface area contributed by atoms with E-state index in [-0.39, 0.29) is 0 Å². The Kier molecular flexibility index (Phi) is 10.7. The second-order valence-corrected chi connectivity index (χ2v) is 7.25. The molecule has 0 radical (unpaired) electrons. The van der Waals surface area contributed by atoms with Gasteiger partial charge in [-0.1, -0.05) is 58.3 Å². The maximum Gasteiger partial charge on any atom is 0.309 e. The normalized spacial score (nSPS) is 14.9. The fourth-order valence-corrected chi connectivity index (χ4v) is 2.67. The van der Waals surface area contributed by atoms with Crippen molar-refractivity contribution in [2.45, 2.75) is 70.8 Å². The highest BCUT2D eigenvalue weighted by atomic mass is 16.4. The predicted octanol–water partition coefficient (Wildman–Crippen LogP) is 3.29. The van der Waals surface area contributed by atoms with Crippen molar-refractivity contribution in [3.63, 3.8) is 0 Å². The zero-order valence-electron chi connectivity index (χ0n) is 14.5. The molecule has 21 heavy (non-hydrogen) atoms. The van der Waals surface area contributed by atoms with E-state index in [2.05, 4.69) is 6.92 Å². The van der Waals surface area contributed by atoms with Gasteiger partial charge in [-0.15, -0.1) is 0 Å². The molecule has 4 heteroatoms. The van der Waals surface area contributed by atoms with Crippen molar-refractivity contribution < 1.29 is 19.5 Å². The number of unbranched alkanes of at least 4 members (excludes halogenated alkanes) is 7. The summed E-state index contributed by atoms with van der Waals surface area (Å²) in [6, 6.07) is 0. The van der Waals surface area contributed by atoms with Crippen LogP contribution in [-0.2, 0) is 4.79 Å². The number of aliphatic carboxylic acids is 1. The first-order valence-corrected chi connectivity index (χ1v) is 8.49. The summed E-state index contributed by atoms with van der Waals surface area (Å²) in [5, 5.41) is 19.4. The summed E-state index contributed by atoms with van der Waals surface area (Å²) in [4.78, 5) is 11.3. The van der Waals surface area contributed by atoms with Gasteiger partial charge in [0.05, 0.1) is 27.1 Å². The molecule has 0 spiro atoms. The third-order valence-electron chi connectivity index (χ3n) is 3.89. The molecule has 0 heterocycles. The second-order valence-electron chi connectivity index (χ2n) is 7.25. The number of likely N-dealkylation sites (N-methyl/N-ethyl adjacent to an activating group) is 1. The number of hydrogen-bond donors (Lipinski definition) is 2. The lowest BCUT2D eigenvalue weighted by Gasteiger charge is -2.29. The fraction of sp³-hybridized carbons (Fsp3) is 0.941. The molecule has 0 amide bonds. The van der Waals surface area contributed by atoms with Crippen LogP contribution in [0.25, 0.3) is 0 Å². The molecular formula is C17H36NO3+. The van der Waals surface area contributed by atoms with Crippen molar-refractivity contribution in [3.05, 3.63) is 0 Å². The van der Waals surface area contributed by atoms with Crippen LogP contribution in [0.1, 0.15) is 64.7 Å². The number of rotatable bonds is 13. The van der Waals surface area contributed by atoms with Crippen LogP contribution in [0.2, 0.25) is 0 Å². The molecule has 0 fully saturated rings. The number of quaternary nitrogens is 1. The van der Waals surface area contributed by atoms with Crippen molar-refractivity contribution in [1.82, 2.24) is 0 Å². The molecule has 0 aromatic rings. The Balaban J connectivity index is 3.88. The standard InChI is InChI=1S/C17H35NO3/c1-5-6-7-8-9-10-11-12-13-15(17(20)21)16(19)14-18(2,3)4/h15-16,19H,5-14H2,1-4H3/p+1. The molecule has 0 aromatic heterocycles. The SMILES string of the molecule is CCCCCCCCCCC(C(=O)O)C(O)C[N+](C)(C)C. The molecule has 2 atom stereocenters. The summed E-state index contributed by atoms with van der Waals surface area (Å²) in [6.45, 7) is 2.70. The largest absolute Gasteiger partial charge is 0.481 e. The second kappa shape index (κ2) is 11.0. The topological polar surface area (TPSA) is 57.5 Å². The summed E-state index contributed by atoms with van der Waals surface area (Å²) in [5.41, 5.74) is 0. The zero-order chi connectivity index (χ0) is 16.3. The number of hydrogen-bond acceptors (Lipinski definition) is 2. The number of aliphatic hydroxyl groups excluding tert-OH is 1. The summed E-state index contributed by atoms with van der Waals surface area (Å²) < 4.78 is 0.586. The van der Waals surface area contributed by atoms with E-state index < -0.39 is 18.0 Å². The van der Waals surface area contributed by atoms with Crippen molar-refractivity contribution in [3.8, 4) is 0 Å². The first kappa shape index (κ1) is 20.4. The number of carbonyl (C=O) groups is 1. The van der Waals surface area contributed by atoms with E-state index in [9.17, 15) is 15.0 Å². The Labute approximate surface area is 130 Å². The van der Waals surface area contributed by atoms with Crippen LogP contribution in [0.5, 0.6) is 0 Å². The molecular weight excluding hydrogens is 266 g/mol. The van der Waals surface area contributed by atoms with Gasteiger partial charge in [-0.25, -0.2) is 0 Å². The van der Waals surface area contributed by atoms with Gasteiger partial charge in [0, 0.05) is 0 Å². The van der Waals surface area contributed by atoms with Gasteiger partial charge in [0.1, 0.15) is 12.6 Å². The molecule has 2 N–H and O–H groups in total.